The maximum atomic E-state index is 5.45. The number of rotatable bonds is 7. The summed E-state index contributed by atoms with van der Waals surface area (Å²) in [5.74, 6) is 2.22. The standard InChI is InChI=1S/C14H25N5O/c1-4-7-15-13-12(20-3)14(18-10-17-13)16-9-11-6-5-8-19(11)2/h10-11H,4-9H2,1-3H3,(H2,15,16,17,18). The molecule has 1 aromatic heterocycles. The minimum atomic E-state index is 0.571. The van der Waals surface area contributed by atoms with Crippen LogP contribution in [-0.2, 0) is 0 Å². The molecule has 6 heteroatoms. The van der Waals surface area contributed by atoms with Crippen molar-refractivity contribution in [2.24, 2.45) is 0 Å². The average Bonchev–Trinajstić information content (AvgIpc) is 2.88. The van der Waals surface area contributed by atoms with E-state index in [0.29, 0.717) is 11.8 Å². The third-order valence-corrected chi connectivity index (χ3v) is 3.73. The van der Waals surface area contributed by atoms with Crippen molar-refractivity contribution in [1.29, 1.82) is 0 Å². The number of likely N-dealkylation sites (tertiary alicyclic amines) is 1. The summed E-state index contributed by atoms with van der Waals surface area (Å²) in [7, 11) is 3.83. The predicted octanol–water partition coefficient (Wildman–Crippen LogP) is 1.81. The highest BCUT2D eigenvalue weighted by atomic mass is 16.5. The summed E-state index contributed by atoms with van der Waals surface area (Å²) in [5, 5.41) is 6.66. The van der Waals surface area contributed by atoms with E-state index in [0.717, 1.165) is 31.1 Å². The van der Waals surface area contributed by atoms with Gasteiger partial charge < -0.3 is 20.3 Å². The molecule has 2 rings (SSSR count). The van der Waals surface area contributed by atoms with Crippen LogP contribution in [0, 0.1) is 0 Å². The van der Waals surface area contributed by atoms with Crippen molar-refractivity contribution in [3.05, 3.63) is 6.33 Å². The van der Waals surface area contributed by atoms with Crippen LogP contribution < -0.4 is 15.4 Å². The summed E-state index contributed by atoms with van der Waals surface area (Å²) in [6, 6.07) is 0.571. The number of aromatic nitrogens is 2. The van der Waals surface area contributed by atoms with Crippen LogP contribution in [0.15, 0.2) is 6.33 Å². The molecule has 2 N–H and O–H groups in total. The van der Waals surface area contributed by atoms with E-state index in [1.165, 1.54) is 19.4 Å². The van der Waals surface area contributed by atoms with Crippen LogP contribution in [0.25, 0.3) is 0 Å². The fourth-order valence-electron chi connectivity index (χ4n) is 2.51. The summed E-state index contributed by atoms with van der Waals surface area (Å²) < 4.78 is 5.45. The molecule has 1 aliphatic rings. The molecule has 1 aromatic rings. The Kier molecular flexibility index (Phi) is 5.40. The summed E-state index contributed by atoms with van der Waals surface area (Å²) >= 11 is 0. The first-order valence-corrected chi connectivity index (χ1v) is 7.33. The van der Waals surface area contributed by atoms with Crippen LogP contribution in [0.1, 0.15) is 26.2 Å². The molecule has 0 aromatic carbocycles. The maximum absolute atomic E-state index is 5.45. The molecule has 1 atom stereocenters. The smallest absolute Gasteiger partial charge is 0.204 e. The Balaban J connectivity index is 2.02. The van der Waals surface area contributed by atoms with E-state index in [2.05, 4.69) is 39.5 Å². The largest absolute Gasteiger partial charge is 0.490 e. The highest BCUT2D eigenvalue weighted by Crippen LogP contribution is 2.29. The minimum absolute atomic E-state index is 0.571. The Morgan fingerprint density at radius 1 is 1.35 bits per heavy atom. The van der Waals surface area contributed by atoms with Gasteiger partial charge in [-0.3, -0.25) is 0 Å². The Bertz CT molecular complexity index is 426. The first-order chi connectivity index (χ1) is 9.76. The van der Waals surface area contributed by atoms with Gasteiger partial charge in [0.2, 0.25) is 5.75 Å². The fourth-order valence-corrected chi connectivity index (χ4v) is 2.51. The van der Waals surface area contributed by atoms with E-state index in [1.54, 1.807) is 13.4 Å². The van der Waals surface area contributed by atoms with Gasteiger partial charge in [0.1, 0.15) is 6.33 Å². The van der Waals surface area contributed by atoms with E-state index < -0.39 is 0 Å². The molecule has 0 spiro atoms. The van der Waals surface area contributed by atoms with Crippen molar-refractivity contribution in [1.82, 2.24) is 14.9 Å². The quantitative estimate of drug-likeness (QED) is 0.794. The molecular formula is C14H25N5O. The molecule has 20 heavy (non-hydrogen) atoms. The number of hydrogen-bond donors (Lipinski definition) is 2. The average molecular weight is 279 g/mol. The number of hydrogen-bond acceptors (Lipinski definition) is 6. The van der Waals surface area contributed by atoms with Gasteiger partial charge in [-0.1, -0.05) is 6.92 Å². The predicted molar refractivity (Wildman–Crippen MR) is 81.5 cm³/mol. The van der Waals surface area contributed by atoms with E-state index >= 15 is 0 Å². The summed E-state index contributed by atoms with van der Waals surface area (Å²) in [5.41, 5.74) is 0. The van der Waals surface area contributed by atoms with Crippen molar-refractivity contribution in [2.75, 3.05) is 44.4 Å². The zero-order chi connectivity index (χ0) is 14.4. The fraction of sp³-hybridized carbons (Fsp3) is 0.714. The topological polar surface area (TPSA) is 62.3 Å². The first-order valence-electron chi connectivity index (χ1n) is 7.33. The lowest BCUT2D eigenvalue weighted by Crippen LogP contribution is -2.31. The molecule has 1 saturated heterocycles. The Hall–Kier alpha value is -1.56. The molecule has 0 saturated carbocycles. The van der Waals surface area contributed by atoms with Crippen LogP contribution >= 0.6 is 0 Å². The highest BCUT2D eigenvalue weighted by Gasteiger charge is 2.21. The normalized spacial score (nSPS) is 19.1. The Labute approximate surface area is 120 Å². The summed E-state index contributed by atoms with van der Waals surface area (Å²) in [6.45, 7) is 5.06. The molecule has 6 nitrogen and oxygen atoms in total. The van der Waals surface area contributed by atoms with Crippen LogP contribution in [0.4, 0.5) is 11.6 Å². The SMILES string of the molecule is CCCNc1ncnc(NCC2CCCN2C)c1OC. The molecule has 1 unspecified atom stereocenters. The number of anilines is 2. The second kappa shape index (κ2) is 7.28. The van der Waals surface area contributed by atoms with E-state index in [-0.39, 0.29) is 0 Å². The van der Waals surface area contributed by atoms with Crippen LogP contribution in [0.2, 0.25) is 0 Å². The zero-order valence-electron chi connectivity index (χ0n) is 12.6. The molecule has 1 fully saturated rings. The Morgan fingerprint density at radius 2 is 2.10 bits per heavy atom. The third-order valence-electron chi connectivity index (χ3n) is 3.73. The van der Waals surface area contributed by atoms with Gasteiger partial charge in [-0.05, 0) is 32.9 Å². The van der Waals surface area contributed by atoms with Gasteiger partial charge >= 0.3 is 0 Å². The van der Waals surface area contributed by atoms with Crippen LogP contribution in [0.5, 0.6) is 5.75 Å². The van der Waals surface area contributed by atoms with E-state index in [9.17, 15) is 0 Å². The molecule has 112 valence electrons. The highest BCUT2D eigenvalue weighted by molar-refractivity contribution is 5.63. The molecule has 0 aliphatic carbocycles. The molecular weight excluding hydrogens is 254 g/mol. The van der Waals surface area contributed by atoms with Crippen molar-refractivity contribution in [2.45, 2.75) is 32.2 Å². The minimum Gasteiger partial charge on any atom is -0.490 e. The first kappa shape index (κ1) is 14.8. The van der Waals surface area contributed by atoms with Crippen LogP contribution in [-0.4, -0.2) is 54.7 Å². The second-order valence-electron chi connectivity index (χ2n) is 5.19. The van der Waals surface area contributed by atoms with Gasteiger partial charge in [0.05, 0.1) is 7.11 Å². The van der Waals surface area contributed by atoms with Gasteiger partial charge in [-0.25, -0.2) is 9.97 Å². The third kappa shape index (κ3) is 3.50. The van der Waals surface area contributed by atoms with Gasteiger partial charge in [-0.15, -0.1) is 0 Å². The van der Waals surface area contributed by atoms with Gasteiger partial charge in [0.25, 0.3) is 0 Å². The lowest BCUT2D eigenvalue weighted by molar-refractivity contribution is 0.321. The number of likely N-dealkylation sites (N-methyl/N-ethyl adjacent to an activating group) is 1. The lowest BCUT2D eigenvalue weighted by Gasteiger charge is -2.21. The molecule has 1 aliphatic heterocycles. The van der Waals surface area contributed by atoms with Crippen LogP contribution in [0.3, 0.4) is 0 Å². The van der Waals surface area contributed by atoms with E-state index in [1.807, 2.05) is 0 Å². The maximum Gasteiger partial charge on any atom is 0.204 e. The van der Waals surface area contributed by atoms with Crippen molar-refractivity contribution >= 4 is 11.6 Å². The Morgan fingerprint density at radius 3 is 2.70 bits per heavy atom. The number of nitrogens with one attached hydrogen (secondary N) is 2. The van der Waals surface area contributed by atoms with Gasteiger partial charge in [-0.2, -0.15) is 0 Å². The zero-order valence-corrected chi connectivity index (χ0v) is 12.6. The summed E-state index contributed by atoms with van der Waals surface area (Å²) in [6.07, 6.45) is 5.12. The number of nitrogens with zero attached hydrogens (tertiary/aromatic N) is 3. The monoisotopic (exact) mass is 279 g/mol. The summed E-state index contributed by atoms with van der Waals surface area (Å²) in [4.78, 5) is 10.9. The van der Waals surface area contributed by atoms with Crippen molar-refractivity contribution < 1.29 is 4.74 Å². The van der Waals surface area contributed by atoms with Crippen molar-refractivity contribution in [3.63, 3.8) is 0 Å². The van der Waals surface area contributed by atoms with Crippen molar-refractivity contribution in [3.8, 4) is 5.75 Å². The molecule has 2 heterocycles. The number of methoxy groups -OCH3 is 1. The second-order valence-corrected chi connectivity index (χ2v) is 5.19. The number of ether oxygens (including phenoxy) is 1. The van der Waals surface area contributed by atoms with Gasteiger partial charge in [0.15, 0.2) is 11.6 Å². The molecule has 0 bridgehead atoms. The van der Waals surface area contributed by atoms with Gasteiger partial charge in [0, 0.05) is 19.1 Å². The van der Waals surface area contributed by atoms with E-state index in [4.69, 9.17) is 4.74 Å². The molecule has 0 radical (unpaired) electrons. The lowest BCUT2D eigenvalue weighted by atomic mass is 10.2. The molecule has 0 amide bonds.